The zero-order valence-electron chi connectivity index (χ0n) is 11.6. The van der Waals surface area contributed by atoms with Crippen LogP contribution < -0.4 is 5.32 Å². The van der Waals surface area contributed by atoms with Gasteiger partial charge in [-0.2, -0.15) is 0 Å². The second-order valence-corrected chi connectivity index (χ2v) is 6.34. The predicted molar refractivity (Wildman–Crippen MR) is 71.7 cm³/mol. The van der Waals surface area contributed by atoms with Crippen molar-refractivity contribution in [2.45, 2.75) is 11.3 Å². The highest BCUT2D eigenvalue weighted by molar-refractivity contribution is 7.89. The van der Waals surface area contributed by atoms with Gasteiger partial charge in [0.15, 0.2) is 5.82 Å². The Bertz CT molecular complexity index is 634. The lowest BCUT2D eigenvalue weighted by atomic mass is 10.2. The van der Waals surface area contributed by atoms with Gasteiger partial charge in [0.1, 0.15) is 16.3 Å². The molecule has 0 spiro atoms. The Balaban J connectivity index is 3.20. The molecule has 0 bridgehead atoms. The Kier molecular flexibility index (Phi) is 5.76. The predicted octanol–water partition coefficient (Wildman–Crippen LogP) is 0.893. The van der Waals surface area contributed by atoms with Gasteiger partial charge in [-0.3, -0.25) is 0 Å². The largest absolute Gasteiger partial charge is 0.477 e. The Morgan fingerprint density at radius 3 is 2.52 bits per heavy atom. The van der Waals surface area contributed by atoms with E-state index in [1.54, 1.807) is 7.05 Å². The second-order valence-electron chi connectivity index (χ2n) is 4.32. The first-order valence-electron chi connectivity index (χ1n) is 6.05. The maximum Gasteiger partial charge on any atom is 0.341 e. The van der Waals surface area contributed by atoms with Crippen molar-refractivity contribution in [3.63, 3.8) is 0 Å². The first-order chi connectivity index (χ1) is 9.73. The van der Waals surface area contributed by atoms with Crippen molar-refractivity contribution < 1.29 is 27.1 Å². The topological polar surface area (TPSA) is 86.7 Å². The van der Waals surface area contributed by atoms with Crippen molar-refractivity contribution in [2.75, 3.05) is 27.2 Å². The number of hydrogen-bond acceptors (Lipinski definition) is 4. The van der Waals surface area contributed by atoms with E-state index in [2.05, 4.69) is 5.32 Å². The molecule has 1 aromatic rings. The van der Waals surface area contributed by atoms with E-state index in [0.29, 0.717) is 19.0 Å². The van der Waals surface area contributed by atoms with Crippen LogP contribution in [0, 0.1) is 11.6 Å². The van der Waals surface area contributed by atoms with Gasteiger partial charge < -0.3 is 10.4 Å². The number of carboxylic acid groups (broad SMARTS) is 1. The van der Waals surface area contributed by atoms with Crippen LogP contribution in [0.1, 0.15) is 16.8 Å². The van der Waals surface area contributed by atoms with Gasteiger partial charge in [0.05, 0.1) is 0 Å². The highest BCUT2D eigenvalue weighted by Crippen LogP contribution is 2.23. The lowest BCUT2D eigenvalue weighted by Crippen LogP contribution is -2.30. The monoisotopic (exact) mass is 322 g/mol. The van der Waals surface area contributed by atoms with Gasteiger partial charge in [-0.15, -0.1) is 0 Å². The van der Waals surface area contributed by atoms with E-state index >= 15 is 0 Å². The number of halogens is 2. The summed E-state index contributed by atoms with van der Waals surface area (Å²) in [5.41, 5.74) is -1.28. The zero-order valence-corrected chi connectivity index (χ0v) is 12.4. The van der Waals surface area contributed by atoms with Crippen molar-refractivity contribution in [1.82, 2.24) is 9.62 Å². The number of hydrogen-bond donors (Lipinski definition) is 2. The van der Waals surface area contributed by atoms with Crippen LogP contribution >= 0.6 is 0 Å². The fourth-order valence-corrected chi connectivity index (χ4v) is 2.97. The molecule has 6 nitrogen and oxygen atoms in total. The number of nitrogens with one attached hydrogen (secondary N) is 1. The normalized spacial score (nSPS) is 11.9. The molecule has 1 aromatic carbocycles. The number of benzene rings is 1. The molecule has 0 amide bonds. The Labute approximate surface area is 121 Å². The third-order valence-electron chi connectivity index (χ3n) is 2.86. The molecule has 0 aliphatic heterocycles. The molecule has 0 saturated carbocycles. The molecule has 0 heterocycles. The van der Waals surface area contributed by atoms with Crippen LogP contribution in [0.15, 0.2) is 17.0 Å². The summed E-state index contributed by atoms with van der Waals surface area (Å²) in [5, 5.41) is 11.6. The Morgan fingerprint density at radius 2 is 2.00 bits per heavy atom. The number of nitrogens with zero attached hydrogens (tertiary/aromatic N) is 1. The molecule has 0 fully saturated rings. The molecule has 0 unspecified atom stereocenters. The molecule has 118 valence electrons. The van der Waals surface area contributed by atoms with E-state index in [0.717, 1.165) is 10.4 Å². The maximum atomic E-state index is 14.0. The van der Waals surface area contributed by atoms with Crippen molar-refractivity contribution in [3.8, 4) is 0 Å². The summed E-state index contributed by atoms with van der Waals surface area (Å²) in [6.07, 6.45) is 0.487. The number of sulfonamides is 1. The average Bonchev–Trinajstić information content (AvgIpc) is 2.38. The average molecular weight is 322 g/mol. The molecule has 9 heteroatoms. The quantitative estimate of drug-likeness (QED) is 0.728. The second kappa shape index (κ2) is 6.92. The number of aromatic carboxylic acids is 1. The Morgan fingerprint density at radius 1 is 1.38 bits per heavy atom. The molecule has 0 saturated heterocycles. The molecule has 21 heavy (non-hydrogen) atoms. The molecule has 0 aliphatic rings. The van der Waals surface area contributed by atoms with E-state index in [1.165, 1.54) is 7.05 Å². The van der Waals surface area contributed by atoms with Crippen LogP contribution in [0.2, 0.25) is 0 Å². The lowest BCUT2D eigenvalue weighted by Gasteiger charge is -2.18. The van der Waals surface area contributed by atoms with Crippen molar-refractivity contribution in [3.05, 3.63) is 29.3 Å². The van der Waals surface area contributed by atoms with Gasteiger partial charge in [0.2, 0.25) is 10.0 Å². The van der Waals surface area contributed by atoms with Gasteiger partial charge in [0.25, 0.3) is 0 Å². The van der Waals surface area contributed by atoms with Gasteiger partial charge in [-0.05, 0) is 32.1 Å². The van der Waals surface area contributed by atoms with Crippen LogP contribution in [0.3, 0.4) is 0 Å². The zero-order chi connectivity index (χ0) is 16.2. The minimum atomic E-state index is -4.22. The molecule has 0 aliphatic carbocycles. The van der Waals surface area contributed by atoms with Gasteiger partial charge in [0, 0.05) is 13.6 Å². The minimum Gasteiger partial charge on any atom is -0.477 e. The van der Waals surface area contributed by atoms with Crippen LogP contribution in [0.5, 0.6) is 0 Å². The van der Waals surface area contributed by atoms with E-state index in [1.807, 2.05) is 0 Å². The third kappa shape index (κ3) is 3.74. The van der Waals surface area contributed by atoms with E-state index in [-0.39, 0.29) is 6.54 Å². The lowest BCUT2D eigenvalue weighted by molar-refractivity contribution is 0.0685. The van der Waals surface area contributed by atoms with Crippen LogP contribution in [-0.2, 0) is 10.0 Å². The maximum absolute atomic E-state index is 14.0. The Hall–Kier alpha value is -1.58. The first-order valence-corrected chi connectivity index (χ1v) is 7.49. The summed E-state index contributed by atoms with van der Waals surface area (Å²) in [4.78, 5) is 9.95. The first kappa shape index (κ1) is 17.5. The van der Waals surface area contributed by atoms with Crippen LogP contribution in [-0.4, -0.2) is 51.0 Å². The minimum absolute atomic E-state index is 0.113. The van der Waals surface area contributed by atoms with E-state index in [4.69, 9.17) is 5.11 Å². The number of rotatable bonds is 7. The molecule has 0 atom stereocenters. The van der Waals surface area contributed by atoms with Gasteiger partial charge in [-0.1, -0.05) is 0 Å². The van der Waals surface area contributed by atoms with E-state index < -0.39 is 38.1 Å². The highest BCUT2D eigenvalue weighted by Gasteiger charge is 2.29. The molecular weight excluding hydrogens is 306 g/mol. The molecule has 0 radical (unpaired) electrons. The van der Waals surface area contributed by atoms with Crippen molar-refractivity contribution in [1.29, 1.82) is 0 Å². The van der Waals surface area contributed by atoms with Gasteiger partial charge >= 0.3 is 5.97 Å². The molecule has 1 rings (SSSR count). The summed E-state index contributed by atoms with van der Waals surface area (Å²) in [6, 6.07) is 1.35. The summed E-state index contributed by atoms with van der Waals surface area (Å²) >= 11 is 0. The highest BCUT2D eigenvalue weighted by atomic mass is 32.2. The fourth-order valence-electron chi connectivity index (χ4n) is 1.70. The van der Waals surface area contributed by atoms with Crippen LogP contribution in [0.25, 0.3) is 0 Å². The summed E-state index contributed by atoms with van der Waals surface area (Å²) in [5.74, 6) is -4.78. The molecule has 2 N–H and O–H groups in total. The fraction of sp³-hybridized carbons (Fsp3) is 0.417. The summed E-state index contributed by atoms with van der Waals surface area (Å²) in [7, 11) is -1.28. The number of carboxylic acids is 1. The standard InChI is InChI=1S/C12H16F2N2O4S/c1-15-6-3-7-16(2)21(19,20)9-5-4-8(13)10(11(9)14)12(17)18/h4-5,15H,3,6-7H2,1-2H3,(H,17,18). The van der Waals surface area contributed by atoms with E-state index in [9.17, 15) is 22.0 Å². The molecular formula is C12H16F2N2O4S. The molecule has 0 aromatic heterocycles. The SMILES string of the molecule is CNCCCN(C)S(=O)(=O)c1ccc(F)c(C(=O)O)c1F. The smallest absolute Gasteiger partial charge is 0.341 e. The van der Waals surface area contributed by atoms with Crippen molar-refractivity contribution >= 4 is 16.0 Å². The number of carbonyl (C=O) groups is 1. The van der Waals surface area contributed by atoms with Gasteiger partial charge in [-0.25, -0.2) is 26.3 Å². The van der Waals surface area contributed by atoms with Crippen molar-refractivity contribution in [2.24, 2.45) is 0 Å². The summed E-state index contributed by atoms with van der Waals surface area (Å²) in [6.45, 7) is 0.675. The van der Waals surface area contributed by atoms with Crippen LogP contribution in [0.4, 0.5) is 8.78 Å². The summed E-state index contributed by atoms with van der Waals surface area (Å²) < 4.78 is 52.5. The third-order valence-corrected chi connectivity index (χ3v) is 4.73.